The van der Waals surface area contributed by atoms with E-state index in [0.717, 1.165) is 19.3 Å². The lowest BCUT2D eigenvalue weighted by molar-refractivity contribution is -0.148. The molecule has 4 nitrogen and oxygen atoms in total. The maximum atomic E-state index is 12.3. The first kappa shape index (κ1) is 11.8. The highest BCUT2D eigenvalue weighted by atomic mass is 16.4. The highest BCUT2D eigenvalue weighted by molar-refractivity contribution is 5.87. The summed E-state index contributed by atoms with van der Waals surface area (Å²) < 4.78 is 0. The summed E-state index contributed by atoms with van der Waals surface area (Å²) in [5, 5.41) is 12.3. The maximum Gasteiger partial charge on any atom is 0.307 e. The van der Waals surface area contributed by atoms with Gasteiger partial charge in [0.25, 0.3) is 0 Å². The molecule has 3 aliphatic rings. The summed E-state index contributed by atoms with van der Waals surface area (Å²) in [6.45, 7) is 2.17. The van der Waals surface area contributed by atoms with Gasteiger partial charge in [-0.05, 0) is 37.0 Å². The summed E-state index contributed by atoms with van der Waals surface area (Å²) in [5.74, 6) is -0.862. The van der Waals surface area contributed by atoms with Crippen LogP contribution in [0.15, 0.2) is 12.2 Å². The van der Waals surface area contributed by atoms with Crippen LogP contribution in [0, 0.1) is 29.6 Å². The van der Waals surface area contributed by atoms with E-state index in [9.17, 15) is 14.7 Å². The Labute approximate surface area is 106 Å². The molecular formula is C14H19NO3. The third kappa shape index (κ3) is 1.74. The Morgan fingerprint density at radius 3 is 2.28 bits per heavy atom. The Balaban J connectivity index is 1.68. The molecule has 0 radical (unpaired) electrons. The van der Waals surface area contributed by atoms with E-state index in [2.05, 4.69) is 12.2 Å². The highest BCUT2D eigenvalue weighted by Crippen LogP contribution is 2.48. The number of carbonyl (C=O) groups excluding carboxylic acids is 1. The first-order valence-corrected chi connectivity index (χ1v) is 6.77. The summed E-state index contributed by atoms with van der Waals surface area (Å²) in [6.07, 6.45) is 6.88. The van der Waals surface area contributed by atoms with Gasteiger partial charge in [-0.2, -0.15) is 0 Å². The molecule has 0 heterocycles. The van der Waals surface area contributed by atoms with Gasteiger partial charge in [0.05, 0.1) is 11.8 Å². The van der Waals surface area contributed by atoms with E-state index >= 15 is 0 Å². The molecule has 3 rings (SSSR count). The van der Waals surface area contributed by atoms with Gasteiger partial charge in [0.2, 0.25) is 5.91 Å². The zero-order valence-electron chi connectivity index (χ0n) is 10.5. The Kier molecular flexibility index (Phi) is 2.68. The fourth-order valence-corrected chi connectivity index (χ4v) is 3.83. The van der Waals surface area contributed by atoms with Crippen molar-refractivity contribution in [1.82, 2.24) is 5.32 Å². The first-order chi connectivity index (χ1) is 8.56. The lowest BCUT2D eigenvalue weighted by atomic mass is 9.79. The SMILES string of the molecule is CC1CC(NC(=O)[C@H]2C3C=CC(C3)[C@H]2C(=O)O)C1. The third-order valence-electron chi connectivity index (χ3n) is 4.77. The van der Waals surface area contributed by atoms with Crippen LogP contribution in [-0.4, -0.2) is 23.0 Å². The quantitative estimate of drug-likeness (QED) is 0.743. The van der Waals surface area contributed by atoms with Crippen molar-refractivity contribution < 1.29 is 14.7 Å². The number of fused-ring (bicyclic) bond motifs is 2. The molecule has 1 amide bonds. The van der Waals surface area contributed by atoms with Crippen LogP contribution in [0.1, 0.15) is 26.2 Å². The Morgan fingerprint density at radius 1 is 1.11 bits per heavy atom. The molecule has 2 fully saturated rings. The molecule has 2 bridgehead atoms. The summed E-state index contributed by atoms with van der Waals surface area (Å²) in [6, 6.07) is 0.269. The molecule has 0 aromatic carbocycles. The van der Waals surface area contributed by atoms with Crippen molar-refractivity contribution >= 4 is 11.9 Å². The van der Waals surface area contributed by atoms with Gasteiger partial charge >= 0.3 is 5.97 Å². The number of hydrogen-bond acceptors (Lipinski definition) is 2. The van der Waals surface area contributed by atoms with Crippen LogP contribution in [0.25, 0.3) is 0 Å². The van der Waals surface area contributed by atoms with E-state index in [0.29, 0.717) is 5.92 Å². The molecule has 0 saturated heterocycles. The second kappa shape index (κ2) is 4.11. The van der Waals surface area contributed by atoms with Crippen LogP contribution in [0.3, 0.4) is 0 Å². The van der Waals surface area contributed by atoms with E-state index in [4.69, 9.17) is 0 Å². The van der Waals surface area contributed by atoms with Crippen molar-refractivity contribution in [2.75, 3.05) is 0 Å². The number of aliphatic carboxylic acids is 1. The number of carboxylic acids is 1. The molecule has 0 aromatic rings. The minimum Gasteiger partial charge on any atom is -0.481 e. The first-order valence-electron chi connectivity index (χ1n) is 6.77. The standard InChI is InChI=1S/C14H19NO3/c1-7-4-10(5-7)15-13(16)11-8-2-3-9(6-8)12(11)14(17)18/h2-3,7-12H,4-6H2,1H3,(H,15,16)(H,17,18)/t7?,8?,9?,10?,11-,12+/m0/s1. The number of allylic oxidation sites excluding steroid dienone is 2. The van der Waals surface area contributed by atoms with Crippen LogP contribution in [0.4, 0.5) is 0 Å². The van der Waals surface area contributed by atoms with Gasteiger partial charge in [-0.15, -0.1) is 0 Å². The van der Waals surface area contributed by atoms with Gasteiger partial charge in [-0.25, -0.2) is 0 Å². The van der Waals surface area contributed by atoms with E-state index in [-0.39, 0.29) is 29.7 Å². The van der Waals surface area contributed by atoms with E-state index < -0.39 is 11.9 Å². The van der Waals surface area contributed by atoms with E-state index in [1.165, 1.54) is 0 Å². The van der Waals surface area contributed by atoms with Crippen molar-refractivity contribution in [3.05, 3.63) is 12.2 Å². The smallest absolute Gasteiger partial charge is 0.307 e. The fraction of sp³-hybridized carbons (Fsp3) is 0.714. The Morgan fingerprint density at radius 2 is 1.72 bits per heavy atom. The average molecular weight is 249 g/mol. The monoisotopic (exact) mass is 249 g/mol. The molecule has 2 unspecified atom stereocenters. The average Bonchev–Trinajstić information content (AvgIpc) is 2.85. The van der Waals surface area contributed by atoms with E-state index in [1.807, 2.05) is 12.2 Å². The van der Waals surface area contributed by atoms with E-state index in [1.54, 1.807) is 0 Å². The van der Waals surface area contributed by atoms with Crippen LogP contribution < -0.4 is 5.32 Å². The normalized spacial score (nSPS) is 44.7. The molecule has 2 N–H and O–H groups in total. The molecule has 0 aliphatic heterocycles. The number of rotatable bonds is 3. The Hall–Kier alpha value is -1.32. The molecule has 98 valence electrons. The molecule has 0 aromatic heterocycles. The molecule has 4 heteroatoms. The molecule has 2 saturated carbocycles. The maximum absolute atomic E-state index is 12.3. The second-order valence-corrected chi connectivity index (χ2v) is 6.12. The van der Waals surface area contributed by atoms with Crippen molar-refractivity contribution in [1.29, 1.82) is 0 Å². The summed E-state index contributed by atoms with van der Waals surface area (Å²) in [5.41, 5.74) is 0. The zero-order chi connectivity index (χ0) is 12.9. The van der Waals surface area contributed by atoms with Crippen molar-refractivity contribution in [3.63, 3.8) is 0 Å². The largest absolute Gasteiger partial charge is 0.481 e. The van der Waals surface area contributed by atoms with Gasteiger partial charge in [0.1, 0.15) is 0 Å². The predicted molar refractivity (Wildman–Crippen MR) is 65.7 cm³/mol. The zero-order valence-corrected chi connectivity index (χ0v) is 10.5. The summed E-state index contributed by atoms with van der Waals surface area (Å²) >= 11 is 0. The number of carboxylic acid groups (broad SMARTS) is 1. The molecular weight excluding hydrogens is 230 g/mol. The highest BCUT2D eigenvalue weighted by Gasteiger charge is 2.52. The number of nitrogens with one attached hydrogen (secondary N) is 1. The third-order valence-corrected chi connectivity index (χ3v) is 4.77. The topological polar surface area (TPSA) is 66.4 Å². The predicted octanol–water partition coefficient (Wildman–Crippen LogP) is 1.42. The summed E-state index contributed by atoms with van der Waals surface area (Å²) in [7, 11) is 0. The van der Waals surface area contributed by atoms with Crippen LogP contribution in [0.2, 0.25) is 0 Å². The number of carbonyl (C=O) groups is 2. The second-order valence-electron chi connectivity index (χ2n) is 6.12. The molecule has 18 heavy (non-hydrogen) atoms. The number of hydrogen-bond donors (Lipinski definition) is 2. The van der Waals surface area contributed by atoms with Crippen molar-refractivity contribution in [3.8, 4) is 0 Å². The molecule has 3 aliphatic carbocycles. The molecule has 4 atom stereocenters. The van der Waals surface area contributed by atoms with Crippen LogP contribution in [-0.2, 0) is 9.59 Å². The van der Waals surface area contributed by atoms with Crippen molar-refractivity contribution in [2.24, 2.45) is 29.6 Å². The van der Waals surface area contributed by atoms with Gasteiger partial charge in [0, 0.05) is 6.04 Å². The van der Waals surface area contributed by atoms with Crippen molar-refractivity contribution in [2.45, 2.75) is 32.2 Å². The Bertz CT molecular complexity index is 411. The minimum atomic E-state index is -0.825. The van der Waals surface area contributed by atoms with Gasteiger partial charge in [0.15, 0.2) is 0 Å². The lowest BCUT2D eigenvalue weighted by Crippen LogP contribution is -2.48. The van der Waals surface area contributed by atoms with Gasteiger partial charge in [-0.1, -0.05) is 19.1 Å². The number of amides is 1. The van der Waals surface area contributed by atoms with Gasteiger partial charge < -0.3 is 10.4 Å². The fourth-order valence-electron chi connectivity index (χ4n) is 3.83. The van der Waals surface area contributed by atoms with Crippen LogP contribution >= 0.6 is 0 Å². The summed E-state index contributed by atoms with van der Waals surface area (Å²) in [4.78, 5) is 23.6. The molecule has 0 spiro atoms. The minimum absolute atomic E-state index is 0.0452. The lowest BCUT2D eigenvalue weighted by Gasteiger charge is -2.35. The van der Waals surface area contributed by atoms with Crippen LogP contribution in [0.5, 0.6) is 0 Å². The van der Waals surface area contributed by atoms with Gasteiger partial charge in [-0.3, -0.25) is 9.59 Å².